The first-order valence-electron chi connectivity index (χ1n) is 10.1. The summed E-state index contributed by atoms with van der Waals surface area (Å²) in [4.78, 5) is 15.9. The summed E-state index contributed by atoms with van der Waals surface area (Å²) in [5.74, 6) is 0.513. The molecule has 2 aromatic heterocycles. The molecular formula is C22H24N4O2S. The Morgan fingerprint density at radius 2 is 2.00 bits per heavy atom. The fraction of sp³-hybridized carbons (Fsp3) is 0.409. The molecule has 0 bridgehead atoms. The molecule has 3 aromatic rings. The van der Waals surface area contributed by atoms with Gasteiger partial charge in [-0.15, -0.1) is 16.4 Å². The van der Waals surface area contributed by atoms with E-state index in [1.807, 2.05) is 35.5 Å². The molecule has 3 heterocycles. The van der Waals surface area contributed by atoms with Gasteiger partial charge < -0.3 is 10.0 Å². The van der Waals surface area contributed by atoms with E-state index < -0.39 is 6.10 Å². The van der Waals surface area contributed by atoms with Crippen LogP contribution in [-0.2, 0) is 0 Å². The van der Waals surface area contributed by atoms with Crippen LogP contribution in [0, 0.1) is 6.92 Å². The lowest BCUT2D eigenvalue weighted by atomic mass is 9.90. The highest BCUT2D eigenvalue weighted by Gasteiger charge is 2.40. The second-order valence-corrected chi connectivity index (χ2v) is 9.08. The van der Waals surface area contributed by atoms with Gasteiger partial charge in [0.05, 0.1) is 28.8 Å². The monoisotopic (exact) mass is 408 g/mol. The van der Waals surface area contributed by atoms with Gasteiger partial charge in [0.2, 0.25) is 0 Å². The lowest BCUT2D eigenvalue weighted by Gasteiger charge is -2.42. The maximum atomic E-state index is 13.3. The van der Waals surface area contributed by atoms with E-state index in [4.69, 9.17) is 0 Å². The summed E-state index contributed by atoms with van der Waals surface area (Å²) in [5.41, 5.74) is 3.22. The molecule has 2 fully saturated rings. The number of carbonyl (C=O) groups is 1. The third-order valence-corrected chi connectivity index (χ3v) is 6.85. The van der Waals surface area contributed by atoms with Crippen LogP contribution < -0.4 is 0 Å². The zero-order valence-electron chi connectivity index (χ0n) is 16.3. The highest BCUT2D eigenvalue weighted by molar-refractivity contribution is 7.12. The number of piperidine rings is 1. The maximum absolute atomic E-state index is 13.3. The summed E-state index contributed by atoms with van der Waals surface area (Å²) in [6, 6.07) is 11.5. The Morgan fingerprint density at radius 3 is 2.69 bits per heavy atom. The minimum Gasteiger partial charge on any atom is -0.391 e. The fourth-order valence-corrected chi connectivity index (χ4v) is 4.79. The van der Waals surface area contributed by atoms with E-state index in [-0.39, 0.29) is 18.0 Å². The molecule has 7 heteroatoms. The van der Waals surface area contributed by atoms with Crippen LogP contribution in [0.5, 0.6) is 0 Å². The normalized spacial score (nSPS) is 24.6. The first kappa shape index (κ1) is 18.5. The van der Waals surface area contributed by atoms with E-state index in [1.165, 1.54) is 16.9 Å². The van der Waals surface area contributed by atoms with E-state index in [9.17, 15) is 9.90 Å². The van der Waals surface area contributed by atoms with E-state index in [0.29, 0.717) is 18.9 Å². The number of hydrogen-bond donors (Lipinski definition) is 1. The molecule has 2 aliphatic rings. The minimum absolute atomic E-state index is 0.00464. The zero-order valence-corrected chi connectivity index (χ0v) is 17.1. The van der Waals surface area contributed by atoms with Gasteiger partial charge in [-0.1, -0.05) is 41.1 Å². The molecule has 6 nitrogen and oxygen atoms in total. The number of benzene rings is 1. The SMILES string of the molecule is Cc1ccc([C@H]2C[C@@H](O)[C@H](n3cc(C4CC4)nn3)CN2C(=O)c2cccs2)cc1. The lowest BCUT2D eigenvalue weighted by Crippen LogP contribution is -2.48. The average molecular weight is 409 g/mol. The number of likely N-dealkylation sites (tertiary alicyclic amines) is 1. The van der Waals surface area contributed by atoms with Crippen LogP contribution >= 0.6 is 11.3 Å². The highest BCUT2D eigenvalue weighted by atomic mass is 32.1. The van der Waals surface area contributed by atoms with Crippen LogP contribution in [0.1, 0.15) is 63.8 Å². The lowest BCUT2D eigenvalue weighted by molar-refractivity contribution is -0.00165. The van der Waals surface area contributed by atoms with Gasteiger partial charge >= 0.3 is 0 Å². The van der Waals surface area contributed by atoms with E-state index >= 15 is 0 Å². The second-order valence-electron chi connectivity index (χ2n) is 8.13. The van der Waals surface area contributed by atoms with Gasteiger partial charge in [0.15, 0.2) is 0 Å². The van der Waals surface area contributed by atoms with Crippen molar-refractivity contribution in [3.05, 3.63) is 69.7 Å². The molecule has 1 saturated heterocycles. The molecule has 1 N–H and O–H groups in total. The van der Waals surface area contributed by atoms with Crippen molar-refractivity contribution < 1.29 is 9.90 Å². The maximum Gasteiger partial charge on any atom is 0.264 e. The second kappa shape index (κ2) is 7.39. The molecule has 0 unspecified atom stereocenters. The quantitative estimate of drug-likeness (QED) is 0.714. The van der Waals surface area contributed by atoms with Crippen molar-refractivity contribution in [2.24, 2.45) is 0 Å². The number of thiophene rings is 1. The van der Waals surface area contributed by atoms with Crippen molar-refractivity contribution in [1.29, 1.82) is 0 Å². The van der Waals surface area contributed by atoms with Gasteiger partial charge in [0, 0.05) is 25.1 Å². The number of aliphatic hydroxyl groups is 1. The van der Waals surface area contributed by atoms with Crippen LogP contribution in [0.4, 0.5) is 0 Å². The molecule has 0 spiro atoms. The highest BCUT2D eigenvalue weighted by Crippen LogP contribution is 2.40. The summed E-state index contributed by atoms with van der Waals surface area (Å²) in [5, 5.41) is 21.5. The van der Waals surface area contributed by atoms with Crippen LogP contribution in [0.3, 0.4) is 0 Å². The summed E-state index contributed by atoms with van der Waals surface area (Å²) in [7, 11) is 0. The first-order chi connectivity index (χ1) is 14.1. The van der Waals surface area contributed by atoms with E-state index in [0.717, 1.165) is 29.0 Å². The molecule has 1 saturated carbocycles. The standard InChI is InChI=1S/C22H24N4O2S/c1-14-4-6-16(7-5-14)18-11-20(27)19(26-12-17(23-24-26)15-8-9-15)13-25(18)22(28)21-3-2-10-29-21/h2-7,10,12,15,18-20,27H,8-9,11,13H2,1H3/t18-,19-,20-/m1/s1. The molecule has 1 aromatic carbocycles. The van der Waals surface area contributed by atoms with Crippen LogP contribution in [-0.4, -0.2) is 43.6 Å². The molecule has 0 radical (unpaired) electrons. The van der Waals surface area contributed by atoms with Crippen LogP contribution in [0.25, 0.3) is 0 Å². The number of aromatic nitrogens is 3. The van der Waals surface area contributed by atoms with Crippen molar-refractivity contribution in [2.45, 2.75) is 50.3 Å². The number of aliphatic hydroxyl groups excluding tert-OH is 1. The molecule has 3 atom stereocenters. The van der Waals surface area contributed by atoms with Crippen LogP contribution in [0.15, 0.2) is 48.0 Å². The van der Waals surface area contributed by atoms with Gasteiger partial charge in [-0.25, -0.2) is 4.68 Å². The largest absolute Gasteiger partial charge is 0.391 e. The third kappa shape index (κ3) is 3.60. The number of nitrogens with zero attached hydrogens (tertiary/aromatic N) is 4. The summed E-state index contributed by atoms with van der Waals surface area (Å²) in [6.45, 7) is 2.45. The van der Waals surface area contributed by atoms with Crippen molar-refractivity contribution >= 4 is 17.2 Å². The average Bonchev–Trinajstić information content (AvgIpc) is 3.22. The van der Waals surface area contributed by atoms with Crippen molar-refractivity contribution in [2.75, 3.05) is 6.54 Å². The van der Waals surface area contributed by atoms with Crippen molar-refractivity contribution in [3.8, 4) is 0 Å². The van der Waals surface area contributed by atoms with E-state index in [2.05, 4.69) is 34.6 Å². The smallest absolute Gasteiger partial charge is 0.264 e. The van der Waals surface area contributed by atoms with Gasteiger partial charge in [0.25, 0.3) is 5.91 Å². The van der Waals surface area contributed by atoms with Gasteiger partial charge in [-0.05, 0) is 36.8 Å². The zero-order chi connectivity index (χ0) is 20.0. The molecule has 1 aliphatic heterocycles. The molecule has 1 amide bonds. The van der Waals surface area contributed by atoms with Gasteiger partial charge in [-0.3, -0.25) is 4.79 Å². The van der Waals surface area contributed by atoms with Crippen molar-refractivity contribution in [1.82, 2.24) is 19.9 Å². The van der Waals surface area contributed by atoms with E-state index in [1.54, 1.807) is 4.68 Å². The molecular weight excluding hydrogens is 384 g/mol. The Hall–Kier alpha value is -2.51. The summed E-state index contributed by atoms with van der Waals surface area (Å²) < 4.78 is 1.76. The predicted molar refractivity (Wildman–Crippen MR) is 111 cm³/mol. The summed E-state index contributed by atoms with van der Waals surface area (Å²) in [6.07, 6.45) is 4.14. The predicted octanol–water partition coefficient (Wildman–Crippen LogP) is 3.71. The number of rotatable bonds is 4. The number of carbonyl (C=O) groups excluding carboxylic acids is 1. The molecule has 5 rings (SSSR count). The Bertz CT molecular complexity index is 994. The first-order valence-corrected chi connectivity index (χ1v) is 11.0. The Kier molecular flexibility index (Phi) is 4.72. The Morgan fingerprint density at radius 1 is 1.21 bits per heavy atom. The fourth-order valence-electron chi connectivity index (χ4n) is 4.11. The number of amides is 1. The number of hydrogen-bond acceptors (Lipinski definition) is 5. The van der Waals surface area contributed by atoms with Gasteiger partial charge in [0.1, 0.15) is 0 Å². The molecule has 150 valence electrons. The molecule has 29 heavy (non-hydrogen) atoms. The Labute approximate surface area is 173 Å². The molecule has 1 aliphatic carbocycles. The minimum atomic E-state index is -0.595. The van der Waals surface area contributed by atoms with Gasteiger partial charge in [-0.2, -0.15) is 0 Å². The van der Waals surface area contributed by atoms with Crippen LogP contribution in [0.2, 0.25) is 0 Å². The topological polar surface area (TPSA) is 71.2 Å². The summed E-state index contributed by atoms with van der Waals surface area (Å²) >= 11 is 1.45. The van der Waals surface area contributed by atoms with Crippen molar-refractivity contribution in [3.63, 3.8) is 0 Å². The third-order valence-electron chi connectivity index (χ3n) is 5.99. The Balaban J connectivity index is 1.47. The number of aryl methyl sites for hydroxylation is 1.